The maximum Gasteiger partial charge on any atom is 0.269 e. The third kappa shape index (κ3) is 3.86. The van der Waals surface area contributed by atoms with Gasteiger partial charge >= 0.3 is 0 Å². The normalized spacial score (nSPS) is 15.6. The van der Waals surface area contributed by atoms with Gasteiger partial charge in [-0.3, -0.25) is 18.9 Å². The molecule has 0 saturated carbocycles. The van der Waals surface area contributed by atoms with Crippen LogP contribution in [-0.4, -0.2) is 30.6 Å². The van der Waals surface area contributed by atoms with E-state index in [1.54, 1.807) is 48.7 Å². The fraction of sp³-hybridized carbons (Fsp3) is 0.143. The molecule has 1 saturated heterocycles. The van der Waals surface area contributed by atoms with Crippen LogP contribution in [0.4, 0.5) is 0 Å². The molecule has 0 atom stereocenters. The Morgan fingerprint density at radius 2 is 1.90 bits per heavy atom. The van der Waals surface area contributed by atoms with E-state index >= 15 is 0 Å². The number of carbonyl (C=O) groups is 1. The molecule has 0 unspecified atom stereocenters. The summed E-state index contributed by atoms with van der Waals surface area (Å²) in [6.07, 6.45) is 3.12. The molecule has 2 aromatic heterocycles. The lowest BCUT2D eigenvalue weighted by atomic mass is 10.2. The molecule has 1 amide bonds. The largest absolute Gasteiger partial charge is 0.438 e. The van der Waals surface area contributed by atoms with Crippen LogP contribution >= 0.6 is 35.6 Å². The Labute approximate surface area is 187 Å². The highest BCUT2D eigenvalue weighted by molar-refractivity contribution is 8.26. The van der Waals surface area contributed by atoms with Crippen molar-refractivity contribution in [1.82, 2.24) is 14.3 Å². The zero-order chi connectivity index (χ0) is 21.4. The standard InChI is InChI=1S/C21H16ClN3O3S2/c1-12(2)25-20(27)16(30-21(25)29)11-15-18(28-14-8-6-13(22)7-9-14)23-17-5-3-4-10-24(17)19(15)26/h3-12H,1-2H3. The lowest BCUT2D eigenvalue weighted by Gasteiger charge is -2.18. The van der Waals surface area contributed by atoms with Crippen LogP contribution in [0.3, 0.4) is 0 Å². The molecule has 0 bridgehead atoms. The van der Waals surface area contributed by atoms with Gasteiger partial charge in [-0.2, -0.15) is 4.98 Å². The number of aromatic nitrogens is 2. The molecular formula is C21H16ClN3O3S2. The number of nitrogens with zero attached hydrogens (tertiary/aromatic N) is 3. The Morgan fingerprint density at radius 3 is 2.57 bits per heavy atom. The molecule has 1 aromatic carbocycles. The molecule has 0 aliphatic carbocycles. The first kappa shape index (κ1) is 20.6. The Bertz CT molecular complexity index is 1250. The molecule has 1 fully saturated rings. The maximum atomic E-state index is 13.2. The topological polar surface area (TPSA) is 63.9 Å². The van der Waals surface area contributed by atoms with Crippen molar-refractivity contribution in [2.45, 2.75) is 19.9 Å². The number of pyridine rings is 1. The summed E-state index contributed by atoms with van der Waals surface area (Å²) in [5.41, 5.74) is 0.246. The Kier molecular flexibility index (Phi) is 5.64. The quantitative estimate of drug-likeness (QED) is 0.416. The number of hydrogen-bond donors (Lipinski definition) is 0. The van der Waals surface area contributed by atoms with Gasteiger partial charge in [-0.25, -0.2) is 0 Å². The summed E-state index contributed by atoms with van der Waals surface area (Å²) in [7, 11) is 0. The monoisotopic (exact) mass is 457 g/mol. The minimum absolute atomic E-state index is 0.0796. The first-order chi connectivity index (χ1) is 14.3. The molecule has 4 rings (SSSR count). The van der Waals surface area contributed by atoms with Gasteiger partial charge in [-0.05, 0) is 56.3 Å². The fourth-order valence-electron chi connectivity index (χ4n) is 2.95. The van der Waals surface area contributed by atoms with Crippen molar-refractivity contribution in [2.24, 2.45) is 0 Å². The third-order valence-corrected chi connectivity index (χ3v) is 5.96. The minimum atomic E-state index is -0.348. The Balaban J connectivity index is 1.86. The van der Waals surface area contributed by atoms with Crippen LogP contribution < -0.4 is 10.3 Å². The van der Waals surface area contributed by atoms with E-state index in [0.29, 0.717) is 25.6 Å². The van der Waals surface area contributed by atoms with Gasteiger partial charge in [-0.1, -0.05) is 41.6 Å². The smallest absolute Gasteiger partial charge is 0.269 e. The van der Waals surface area contributed by atoms with Crippen molar-refractivity contribution < 1.29 is 9.53 Å². The molecule has 9 heteroatoms. The van der Waals surface area contributed by atoms with Gasteiger partial charge in [0.1, 0.15) is 21.3 Å². The minimum Gasteiger partial charge on any atom is -0.438 e. The second kappa shape index (κ2) is 8.22. The van der Waals surface area contributed by atoms with E-state index in [2.05, 4.69) is 4.98 Å². The van der Waals surface area contributed by atoms with E-state index in [9.17, 15) is 9.59 Å². The highest BCUT2D eigenvalue weighted by Gasteiger charge is 2.34. The predicted molar refractivity (Wildman–Crippen MR) is 123 cm³/mol. The van der Waals surface area contributed by atoms with Gasteiger partial charge in [0.15, 0.2) is 0 Å². The number of carbonyl (C=O) groups excluding carboxylic acids is 1. The lowest BCUT2D eigenvalue weighted by molar-refractivity contribution is -0.123. The summed E-state index contributed by atoms with van der Waals surface area (Å²) in [5, 5.41) is 0.562. The zero-order valence-corrected chi connectivity index (χ0v) is 18.4. The summed E-state index contributed by atoms with van der Waals surface area (Å²) in [4.78, 5) is 32.4. The molecule has 3 aromatic rings. The number of ether oxygens (including phenoxy) is 1. The van der Waals surface area contributed by atoms with Crippen molar-refractivity contribution in [3.63, 3.8) is 0 Å². The predicted octanol–water partition coefficient (Wildman–Crippen LogP) is 4.75. The number of amides is 1. The van der Waals surface area contributed by atoms with E-state index in [1.807, 2.05) is 13.8 Å². The van der Waals surface area contributed by atoms with Crippen molar-refractivity contribution in [2.75, 3.05) is 0 Å². The average molecular weight is 458 g/mol. The van der Waals surface area contributed by atoms with Crippen LogP contribution in [0.15, 0.2) is 58.4 Å². The summed E-state index contributed by atoms with van der Waals surface area (Å²) < 4.78 is 7.77. The number of halogens is 1. The molecule has 152 valence electrons. The average Bonchev–Trinajstić information content (AvgIpc) is 3.00. The molecule has 0 N–H and O–H groups in total. The van der Waals surface area contributed by atoms with Crippen LogP contribution in [0.2, 0.25) is 5.02 Å². The van der Waals surface area contributed by atoms with Gasteiger partial charge in [0.25, 0.3) is 11.5 Å². The van der Waals surface area contributed by atoms with E-state index < -0.39 is 0 Å². The van der Waals surface area contributed by atoms with Gasteiger partial charge < -0.3 is 4.74 Å². The van der Waals surface area contributed by atoms with E-state index in [-0.39, 0.29) is 29.0 Å². The highest BCUT2D eigenvalue weighted by Crippen LogP contribution is 2.35. The van der Waals surface area contributed by atoms with Crippen LogP contribution in [-0.2, 0) is 4.79 Å². The molecule has 0 radical (unpaired) electrons. The molecule has 6 nitrogen and oxygen atoms in total. The number of hydrogen-bond acceptors (Lipinski definition) is 6. The van der Waals surface area contributed by atoms with Crippen molar-refractivity contribution in [1.29, 1.82) is 0 Å². The fourth-order valence-corrected chi connectivity index (χ4v) is 4.59. The molecule has 1 aliphatic heterocycles. The van der Waals surface area contributed by atoms with E-state index in [1.165, 1.54) is 15.4 Å². The molecule has 30 heavy (non-hydrogen) atoms. The molecule has 0 spiro atoms. The van der Waals surface area contributed by atoms with Gasteiger partial charge in [0.05, 0.1) is 4.91 Å². The molecule has 3 heterocycles. The van der Waals surface area contributed by atoms with E-state index in [4.69, 9.17) is 28.6 Å². The second-order valence-electron chi connectivity index (χ2n) is 6.77. The second-order valence-corrected chi connectivity index (χ2v) is 8.88. The van der Waals surface area contributed by atoms with Gasteiger partial charge in [0, 0.05) is 17.3 Å². The summed E-state index contributed by atoms with van der Waals surface area (Å²) in [5.74, 6) is 0.328. The Hall–Kier alpha value is -2.68. The van der Waals surface area contributed by atoms with E-state index in [0.717, 1.165) is 11.8 Å². The summed E-state index contributed by atoms with van der Waals surface area (Å²) in [6, 6.07) is 11.9. The van der Waals surface area contributed by atoms with Crippen LogP contribution in [0, 0.1) is 0 Å². The van der Waals surface area contributed by atoms with Crippen molar-refractivity contribution >= 4 is 57.5 Å². The van der Waals surface area contributed by atoms with Crippen molar-refractivity contribution in [3.8, 4) is 11.6 Å². The van der Waals surface area contributed by atoms with Crippen LogP contribution in [0.25, 0.3) is 11.7 Å². The first-order valence-corrected chi connectivity index (χ1v) is 10.7. The van der Waals surface area contributed by atoms with Crippen LogP contribution in [0.5, 0.6) is 11.6 Å². The van der Waals surface area contributed by atoms with Gasteiger partial charge in [0.2, 0.25) is 5.88 Å². The third-order valence-electron chi connectivity index (χ3n) is 4.38. The van der Waals surface area contributed by atoms with Crippen molar-refractivity contribution in [3.05, 3.63) is 74.5 Å². The first-order valence-electron chi connectivity index (χ1n) is 9.07. The Morgan fingerprint density at radius 1 is 1.17 bits per heavy atom. The molecular weight excluding hydrogens is 442 g/mol. The summed E-state index contributed by atoms with van der Waals surface area (Å²) >= 11 is 12.4. The summed E-state index contributed by atoms with van der Waals surface area (Å²) in [6.45, 7) is 3.77. The lowest BCUT2D eigenvalue weighted by Crippen LogP contribution is -2.34. The number of benzene rings is 1. The highest BCUT2D eigenvalue weighted by atomic mass is 35.5. The maximum absolute atomic E-state index is 13.2. The van der Waals surface area contributed by atoms with Crippen LogP contribution in [0.1, 0.15) is 19.4 Å². The van der Waals surface area contributed by atoms with Gasteiger partial charge in [-0.15, -0.1) is 0 Å². The number of thioether (sulfide) groups is 1. The SMILES string of the molecule is CC(C)N1C(=O)C(=Cc2c(Oc3ccc(Cl)cc3)nc3ccccn3c2=O)SC1=S. The number of thiocarbonyl (C=S) groups is 1. The number of fused-ring (bicyclic) bond motifs is 1. The number of rotatable bonds is 4. The zero-order valence-electron chi connectivity index (χ0n) is 16.0. The molecule has 1 aliphatic rings.